The van der Waals surface area contributed by atoms with Gasteiger partial charge in [0.15, 0.2) is 0 Å². The molecule has 0 spiro atoms. The highest BCUT2D eigenvalue weighted by molar-refractivity contribution is 5.32. The van der Waals surface area contributed by atoms with E-state index in [-0.39, 0.29) is 5.41 Å². The number of rotatable bonds is 6. The molecule has 3 aromatic rings. The summed E-state index contributed by atoms with van der Waals surface area (Å²) in [4.78, 5) is 0. The molecule has 0 aliphatic rings. The van der Waals surface area contributed by atoms with Crippen LogP contribution in [0.3, 0.4) is 0 Å². The van der Waals surface area contributed by atoms with Crippen molar-refractivity contribution in [1.82, 2.24) is 0 Å². The maximum atomic E-state index is 2.41. The third kappa shape index (κ3) is 4.14. The number of benzene rings is 3. The summed E-state index contributed by atoms with van der Waals surface area (Å²) in [6.45, 7) is 4.57. The molecule has 3 rings (SSSR count). The molecule has 122 valence electrons. The lowest BCUT2D eigenvalue weighted by Crippen LogP contribution is -2.26. The van der Waals surface area contributed by atoms with Crippen molar-refractivity contribution in [2.24, 2.45) is 0 Å². The van der Waals surface area contributed by atoms with Crippen LogP contribution in [0.2, 0.25) is 0 Å². The Morgan fingerprint density at radius 3 is 1.79 bits per heavy atom. The van der Waals surface area contributed by atoms with Crippen LogP contribution >= 0.6 is 0 Å². The topological polar surface area (TPSA) is 0 Å². The second-order valence-corrected chi connectivity index (χ2v) is 7.07. The highest BCUT2D eigenvalue weighted by atomic mass is 14.3. The molecule has 0 aromatic heterocycles. The summed E-state index contributed by atoms with van der Waals surface area (Å²) in [6.07, 6.45) is 3.33. The molecule has 0 radical (unpaired) electrons. The van der Waals surface area contributed by atoms with Crippen molar-refractivity contribution in [3.05, 3.63) is 107 Å². The number of hydrogen-bond donors (Lipinski definition) is 0. The van der Waals surface area contributed by atoms with Gasteiger partial charge in [0.1, 0.15) is 0 Å². The van der Waals surface area contributed by atoms with Gasteiger partial charge in [-0.1, -0.05) is 97.4 Å². The van der Waals surface area contributed by atoms with E-state index in [1.165, 1.54) is 22.3 Å². The Morgan fingerprint density at radius 2 is 1.21 bits per heavy atom. The molecular formula is C24H26. The highest BCUT2D eigenvalue weighted by Crippen LogP contribution is 2.33. The first-order chi connectivity index (χ1) is 11.7. The summed E-state index contributed by atoms with van der Waals surface area (Å²) in [7, 11) is 0. The predicted molar refractivity (Wildman–Crippen MR) is 103 cm³/mol. The maximum absolute atomic E-state index is 2.41. The Bertz CT molecular complexity index is 741. The normalized spacial score (nSPS) is 13.4. The van der Waals surface area contributed by atoms with Crippen LogP contribution in [0, 0.1) is 6.92 Å². The molecule has 0 nitrogen and oxygen atoms in total. The van der Waals surface area contributed by atoms with Gasteiger partial charge in [-0.05, 0) is 48.3 Å². The molecule has 0 saturated heterocycles. The van der Waals surface area contributed by atoms with Crippen LogP contribution in [0.5, 0.6) is 0 Å². The lowest BCUT2D eigenvalue weighted by atomic mass is 9.73. The van der Waals surface area contributed by atoms with Gasteiger partial charge in [-0.25, -0.2) is 0 Å². The molecule has 1 atom stereocenters. The van der Waals surface area contributed by atoms with E-state index in [1.807, 2.05) is 0 Å². The molecule has 0 saturated carbocycles. The van der Waals surface area contributed by atoms with Crippen molar-refractivity contribution in [3.63, 3.8) is 0 Å². The summed E-state index contributed by atoms with van der Waals surface area (Å²) in [5.74, 6) is 0. The van der Waals surface area contributed by atoms with E-state index >= 15 is 0 Å². The molecule has 3 aromatic carbocycles. The molecule has 0 amide bonds. The zero-order chi connectivity index (χ0) is 16.8. The molecule has 0 aliphatic heterocycles. The molecule has 0 heterocycles. The standard InChI is InChI=1S/C24H26/c1-20-13-15-23(16-14-20)24(2,19-22-11-7-4-8-12-22)18-17-21-9-5-3-6-10-21/h3-16H,17-19H2,1-2H3. The minimum Gasteiger partial charge on any atom is -0.0622 e. The van der Waals surface area contributed by atoms with E-state index in [2.05, 4.69) is 98.8 Å². The fourth-order valence-corrected chi connectivity index (χ4v) is 3.40. The van der Waals surface area contributed by atoms with Gasteiger partial charge in [0.05, 0.1) is 0 Å². The van der Waals surface area contributed by atoms with E-state index in [0.29, 0.717) is 0 Å². The minimum absolute atomic E-state index is 0.144. The lowest BCUT2D eigenvalue weighted by molar-refractivity contribution is 0.431. The first-order valence-corrected chi connectivity index (χ1v) is 8.81. The van der Waals surface area contributed by atoms with E-state index in [1.54, 1.807) is 0 Å². The Balaban J connectivity index is 1.86. The van der Waals surface area contributed by atoms with E-state index < -0.39 is 0 Å². The van der Waals surface area contributed by atoms with Crippen molar-refractivity contribution < 1.29 is 0 Å². The lowest BCUT2D eigenvalue weighted by Gasteiger charge is -2.31. The second kappa shape index (κ2) is 7.49. The van der Waals surface area contributed by atoms with Crippen molar-refractivity contribution in [1.29, 1.82) is 0 Å². The SMILES string of the molecule is Cc1ccc(C(C)(CCc2ccccc2)Cc2ccccc2)cc1. The third-order valence-corrected chi connectivity index (χ3v) is 4.99. The molecule has 0 aliphatic carbocycles. The first kappa shape index (κ1) is 16.5. The van der Waals surface area contributed by atoms with Crippen LogP contribution in [0.15, 0.2) is 84.9 Å². The van der Waals surface area contributed by atoms with Gasteiger partial charge in [0.25, 0.3) is 0 Å². The van der Waals surface area contributed by atoms with Crippen LogP contribution in [0.1, 0.15) is 35.6 Å². The summed E-state index contributed by atoms with van der Waals surface area (Å²) < 4.78 is 0. The summed E-state index contributed by atoms with van der Waals surface area (Å²) in [6, 6.07) is 30.8. The summed E-state index contributed by atoms with van der Waals surface area (Å²) in [5.41, 5.74) is 5.74. The van der Waals surface area contributed by atoms with Crippen LogP contribution in [-0.4, -0.2) is 0 Å². The first-order valence-electron chi connectivity index (χ1n) is 8.81. The van der Waals surface area contributed by atoms with Gasteiger partial charge >= 0.3 is 0 Å². The van der Waals surface area contributed by atoms with Gasteiger partial charge < -0.3 is 0 Å². The van der Waals surface area contributed by atoms with Crippen molar-refractivity contribution in [3.8, 4) is 0 Å². The molecule has 0 N–H and O–H groups in total. The molecule has 0 fully saturated rings. The zero-order valence-corrected chi connectivity index (χ0v) is 14.7. The number of hydrogen-bond acceptors (Lipinski definition) is 0. The van der Waals surface area contributed by atoms with Crippen molar-refractivity contribution in [2.45, 2.75) is 38.5 Å². The van der Waals surface area contributed by atoms with Gasteiger partial charge in [0.2, 0.25) is 0 Å². The molecule has 24 heavy (non-hydrogen) atoms. The van der Waals surface area contributed by atoms with Gasteiger partial charge in [0, 0.05) is 0 Å². The van der Waals surface area contributed by atoms with Gasteiger partial charge in [-0.3, -0.25) is 0 Å². The molecule has 1 unspecified atom stereocenters. The average molecular weight is 314 g/mol. The van der Waals surface area contributed by atoms with Crippen LogP contribution in [-0.2, 0) is 18.3 Å². The maximum Gasteiger partial charge on any atom is -0.00318 e. The smallest absolute Gasteiger partial charge is 0.00318 e. The highest BCUT2D eigenvalue weighted by Gasteiger charge is 2.26. The van der Waals surface area contributed by atoms with Crippen molar-refractivity contribution in [2.75, 3.05) is 0 Å². The fraction of sp³-hybridized carbons (Fsp3) is 0.250. The van der Waals surface area contributed by atoms with Gasteiger partial charge in [-0.15, -0.1) is 0 Å². The van der Waals surface area contributed by atoms with Crippen LogP contribution in [0.4, 0.5) is 0 Å². The quantitative estimate of drug-likeness (QED) is 0.513. The van der Waals surface area contributed by atoms with Crippen molar-refractivity contribution >= 4 is 0 Å². The van der Waals surface area contributed by atoms with Crippen LogP contribution < -0.4 is 0 Å². The third-order valence-electron chi connectivity index (χ3n) is 4.99. The molecule has 0 heteroatoms. The Hall–Kier alpha value is -2.34. The molecular weight excluding hydrogens is 288 g/mol. The zero-order valence-electron chi connectivity index (χ0n) is 14.7. The number of aryl methyl sites for hydroxylation is 2. The Morgan fingerprint density at radius 1 is 0.667 bits per heavy atom. The Labute approximate surface area is 146 Å². The van der Waals surface area contributed by atoms with Crippen LogP contribution in [0.25, 0.3) is 0 Å². The largest absolute Gasteiger partial charge is 0.0622 e. The average Bonchev–Trinajstić information content (AvgIpc) is 2.62. The fourth-order valence-electron chi connectivity index (χ4n) is 3.40. The van der Waals surface area contributed by atoms with E-state index in [4.69, 9.17) is 0 Å². The van der Waals surface area contributed by atoms with E-state index in [0.717, 1.165) is 19.3 Å². The Kier molecular flexibility index (Phi) is 5.15. The minimum atomic E-state index is 0.144. The molecule has 0 bridgehead atoms. The monoisotopic (exact) mass is 314 g/mol. The van der Waals surface area contributed by atoms with E-state index in [9.17, 15) is 0 Å². The summed E-state index contributed by atoms with van der Waals surface area (Å²) >= 11 is 0. The van der Waals surface area contributed by atoms with Gasteiger partial charge in [-0.2, -0.15) is 0 Å². The second-order valence-electron chi connectivity index (χ2n) is 7.07. The summed E-state index contributed by atoms with van der Waals surface area (Å²) in [5, 5.41) is 0. The predicted octanol–water partition coefficient (Wildman–Crippen LogP) is 6.13.